The van der Waals surface area contributed by atoms with Crippen LogP contribution in [0.15, 0.2) is 41.3 Å². The number of hydrogen-bond donors (Lipinski definition) is 1. The highest BCUT2D eigenvalue weighted by Crippen LogP contribution is 2.44. The van der Waals surface area contributed by atoms with Crippen LogP contribution < -0.4 is 14.2 Å². The van der Waals surface area contributed by atoms with Crippen LogP contribution in [-0.2, 0) is 0 Å². The standard InChI is InChI=1S/C18H19NO7S/c1-24-13-8-11(9-14(25-2)17(13)26-3)16(10-19(22)23)27-15-7-5-4-6-12(15)18(20)21/h4-9,16H,10H2,1-3H3,(H,20,21)/t16-/m0/s1. The van der Waals surface area contributed by atoms with E-state index in [1.165, 1.54) is 27.4 Å². The first-order valence-electron chi connectivity index (χ1n) is 7.82. The summed E-state index contributed by atoms with van der Waals surface area (Å²) in [5.74, 6) is 0.0158. The first-order valence-corrected chi connectivity index (χ1v) is 8.69. The average molecular weight is 393 g/mol. The Morgan fingerprint density at radius 2 is 1.74 bits per heavy atom. The fraction of sp³-hybridized carbons (Fsp3) is 0.278. The zero-order valence-electron chi connectivity index (χ0n) is 15.0. The molecule has 8 nitrogen and oxygen atoms in total. The maximum atomic E-state index is 11.4. The van der Waals surface area contributed by atoms with Crippen LogP contribution in [-0.4, -0.2) is 43.9 Å². The van der Waals surface area contributed by atoms with Crippen molar-refractivity contribution in [3.8, 4) is 17.2 Å². The van der Waals surface area contributed by atoms with Crippen LogP contribution in [0.5, 0.6) is 17.2 Å². The number of carboxylic acid groups (broad SMARTS) is 1. The van der Waals surface area contributed by atoms with Crippen LogP contribution in [0.3, 0.4) is 0 Å². The minimum absolute atomic E-state index is 0.0864. The number of thioether (sulfide) groups is 1. The number of methoxy groups -OCH3 is 3. The topological polar surface area (TPSA) is 108 Å². The molecule has 0 amide bonds. The Labute approximate surface area is 160 Å². The van der Waals surface area contributed by atoms with Gasteiger partial charge in [-0.2, -0.15) is 0 Å². The van der Waals surface area contributed by atoms with Gasteiger partial charge in [0.1, 0.15) is 0 Å². The number of carboxylic acids is 1. The molecule has 0 saturated heterocycles. The van der Waals surface area contributed by atoms with E-state index in [0.29, 0.717) is 27.7 Å². The molecule has 9 heteroatoms. The van der Waals surface area contributed by atoms with Gasteiger partial charge in [0, 0.05) is 9.82 Å². The monoisotopic (exact) mass is 393 g/mol. The number of hydrogen-bond acceptors (Lipinski definition) is 7. The minimum Gasteiger partial charge on any atom is -0.493 e. The summed E-state index contributed by atoms with van der Waals surface area (Å²) in [7, 11) is 4.37. The van der Waals surface area contributed by atoms with Crippen molar-refractivity contribution in [2.45, 2.75) is 10.1 Å². The molecule has 0 aliphatic heterocycles. The number of carbonyl (C=O) groups is 1. The third-order valence-electron chi connectivity index (χ3n) is 3.76. The van der Waals surface area contributed by atoms with Crippen LogP contribution in [0.25, 0.3) is 0 Å². The van der Waals surface area contributed by atoms with Crippen molar-refractivity contribution in [2.24, 2.45) is 0 Å². The van der Waals surface area contributed by atoms with Crippen LogP contribution in [0, 0.1) is 10.1 Å². The molecule has 2 rings (SSSR count). The SMILES string of the molecule is COc1cc([C@H](C[N+](=O)[O-])Sc2ccccc2C(=O)O)cc(OC)c1OC. The third-order valence-corrected chi connectivity index (χ3v) is 5.08. The summed E-state index contributed by atoms with van der Waals surface area (Å²) in [6.45, 7) is -0.405. The van der Waals surface area contributed by atoms with Gasteiger partial charge >= 0.3 is 5.97 Å². The van der Waals surface area contributed by atoms with Crippen LogP contribution in [0.1, 0.15) is 21.2 Å². The van der Waals surface area contributed by atoms with E-state index in [1.54, 1.807) is 30.3 Å². The molecule has 1 N–H and O–H groups in total. The fourth-order valence-corrected chi connectivity index (χ4v) is 3.75. The van der Waals surface area contributed by atoms with E-state index in [1.807, 2.05) is 0 Å². The van der Waals surface area contributed by atoms with Crippen molar-refractivity contribution in [1.29, 1.82) is 0 Å². The Bertz CT molecular complexity index is 815. The lowest BCUT2D eigenvalue weighted by molar-refractivity contribution is -0.479. The molecule has 2 aromatic carbocycles. The van der Waals surface area contributed by atoms with Crippen LogP contribution in [0.2, 0.25) is 0 Å². The Morgan fingerprint density at radius 1 is 1.15 bits per heavy atom. The Hall–Kier alpha value is -2.94. The zero-order valence-corrected chi connectivity index (χ0v) is 15.8. The molecular weight excluding hydrogens is 374 g/mol. The number of benzene rings is 2. The zero-order chi connectivity index (χ0) is 20.0. The van der Waals surface area contributed by atoms with Gasteiger partial charge in [-0.05, 0) is 29.8 Å². The first kappa shape index (κ1) is 20.4. The first-order chi connectivity index (χ1) is 12.9. The summed E-state index contributed by atoms with van der Waals surface area (Å²) in [4.78, 5) is 22.7. The molecule has 144 valence electrons. The van der Waals surface area contributed by atoms with Gasteiger partial charge in [-0.1, -0.05) is 12.1 Å². The largest absolute Gasteiger partial charge is 0.493 e. The van der Waals surface area contributed by atoms with Gasteiger partial charge in [-0.25, -0.2) is 4.79 Å². The molecule has 0 bridgehead atoms. The van der Waals surface area contributed by atoms with Crippen LogP contribution >= 0.6 is 11.8 Å². The summed E-state index contributed by atoms with van der Waals surface area (Å²) in [6.07, 6.45) is 0. The lowest BCUT2D eigenvalue weighted by atomic mass is 10.1. The van der Waals surface area contributed by atoms with E-state index in [-0.39, 0.29) is 5.56 Å². The van der Waals surface area contributed by atoms with E-state index in [0.717, 1.165) is 11.8 Å². The van der Waals surface area contributed by atoms with Crippen molar-refractivity contribution in [3.63, 3.8) is 0 Å². The molecule has 0 heterocycles. The van der Waals surface area contributed by atoms with Gasteiger partial charge in [-0.15, -0.1) is 11.8 Å². The second-order valence-corrected chi connectivity index (χ2v) is 6.63. The predicted molar refractivity (Wildman–Crippen MR) is 100.0 cm³/mol. The number of nitrogens with zero attached hydrogens (tertiary/aromatic N) is 1. The fourth-order valence-electron chi connectivity index (χ4n) is 2.53. The van der Waals surface area contributed by atoms with Crippen molar-refractivity contribution >= 4 is 17.7 Å². The van der Waals surface area contributed by atoms with Crippen molar-refractivity contribution in [3.05, 3.63) is 57.6 Å². The van der Waals surface area contributed by atoms with Gasteiger partial charge in [0.25, 0.3) is 0 Å². The molecule has 0 saturated carbocycles. The number of nitro groups is 1. The summed E-state index contributed by atoms with van der Waals surface area (Å²) in [5.41, 5.74) is 0.648. The molecule has 0 aliphatic rings. The quantitative estimate of drug-likeness (QED) is 0.392. The second kappa shape index (κ2) is 9.13. The van der Waals surface area contributed by atoms with Crippen molar-refractivity contribution < 1.29 is 29.0 Å². The highest BCUT2D eigenvalue weighted by atomic mass is 32.2. The van der Waals surface area contributed by atoms with E-state index in [4.69, 9.17) is 14.2 Å². The van der Waals surface area contributed by atoms with Crippen molar-refractivity contribution in [1.82, 2.24) is 0 Å². The highest BCUT2D eigenvalue weighted by Gasteiger charge is 2.25. The molecular formula is C18H19NO7S. The molecule has 0 radical (unpaired) electrons. The molecule has 0 aromatic heterocycles. The third kappa shape index (κ3) is 4.82. The molecule has 0 aliphatic carbocycles. The molecule has 1 atom stereocenters. The van der Waals surface area contributed by atoms with Crippen LogP contribution in [0.4, 0.5) is 0 Å². The number of ether oxygens (including phenoxy) is 3. The minimum atomic E-state index is -1.09. The maximum Gasteiger partial charge on any atom is 0.336 e. The normalized spacial score (nSPS) is 11.5. The van der Waals surface area contributed by atoms with E-state index in [9.17, 15) is 20.0 Å². The van der Waals surface area contributed by atoms with Gasteiger partial charge in [-0.3, -0.25) is 10.1 Å². The summed E-state index contributed by atoms with van der Waals surface area (Å²) >= 11 is 1.10. The molecule has 0 fully saturated rings. The average Bonchev–Trinajstić information content (AvgIpc) is 2.66. The number of rotatable bonds is 9. The summed E-state index contributed by atoms with van der Waals surface area (Å²) in [5, 5.41) is 19.9. The Kier molecular flexibility index (Phi) is 6.89. The maximum absolute atomic E-state index is 11.4. The van der Waals surface area contributed by atoms with Gasteiger partial charge in [0.15, 0.2) is 11.5 Å². The highest BCUT2D eigenvalue weighted by molar-refractivity contribution is 7.99. The smallest absolute Gasteiger partial charge is 0.336 e. The van der Waals surface area contributed by atoms with Crippen molar-refractivity contribution in [2.75, 3.05) is 27.9 Å². The Morgan fingerprint density at radius 3 is 2.22 bits per heavy atom. The summed E-state index contributed by atoms with van der Waals surface area (Å²) in [6, 6.07) is 9.64. The van der Waals surface area contributed by atoms with E-state index >= 15 is 0 Å². The molecule has 0 unspecified atom stereocenters. The lowest BCUT2D eigenvalue weighted by Gasteiger charge is -2.18. The van der Waals surface area contributed by atoms with Gasteiger partial charge in [0.05, 0.1) is 32.1 Å². The lowest BCUT2D eigenvalue weighted by Crippen LogP contribution is -2.11. The second-order valence-electron chi connectivity index (χ2n) is 5.38. The molecule has 27 heavy (non-hydrogen) atoms. The summed E-state index contributed by atoms with van der Waals surface area (Å²) < 4.78 is 15.9. The molecule has 2 aromatic rings. The van der Waals surface area contributed by atoms with Gasteiger partial charge < -0.3 is 19.3 Å². The predicted octanol–water partition coefficient (Wildman–Crippen LogP) is 3.52. The Balaban J connectivity index is 2.51. The number of aromatic carboxylic acids is 1. The molecule has 0 spiro atoms. The van der Waals surface area contributed by atoms with Gasteiger partial charge in [0.2, 0.25) is 12.3 Å². The van der Waals surface area contributed by atoms with E-state index < -0.39 is 22.7 Å². The van der Waals surface area contributed by atoms with E-state index in [2.05, 4.69) is 0 Å².